The molecule has 5 nitrogen and oxygen atoms in total. The molecular weight excluding hydrogens is 216 g/mol. The Morgan fingerprint density at radius 1 is 1.41 bits per heavy atom. The van der Waals surface area contributed by atoms with Gasteiger partial charge < -0.3 is 16.2 Å². The molecule has 0 aliphatic heterocycles. The molecule has 1 aromatic heterocycles. The van der Waals surface area contributed by atoms with Crippen LogP contribution in [-0.4, -0.2) is 27.7 Å². The summed E-state index contributed by atoms with van der Waals surface area (Å²) in [7, 11) is 0. The summed E-state index contributed by atoms with van der Waals surface area (Å²) < 4.78 is 0. The van der Waals surface area contributed by atoms with Crippen LogP contribution in [0.25, 0.3) is 0 Å². The molecule has 17 heavy (non-hydrogen) atoms. The van der Waals surface area contributed by atoms with E-state index in [0.717, 1.165) is 6.42 Å². The number of nitrogens with two attached hydrogens (primary N) is 1. The molecule has 96 valence electrons. The lowest BCUT2D eigenvalue weighted by molar-refractivity contribution is 0.271. The van der Waals surface area contributed by atoms with E-state index in [1.807, 2.05) is 27.7 Å². The summed E-state index contributed by atoms with van der Waals surface area (Å²) in [5.74, 6) is 1.82. The van der Waals surface area contributed by atoms with E-state index in [4.69, 9.17) is 10.8 Å². The van der Waals surface area contributed by atoms with Gasteiger partial charge in [0.15, 0.2) is 0 Å². The molecule has 0 fully saturated rings. The Balaban J connectivity index is 2.97. The number of nitrogens with one attached hydrogen (secondary N) is 1. The van der Waals surface area contributed by atoms with Crippen LogP contribution in [0.2, 0.25) is 0 Å². The van der Waals surface area contributed by atoms with Crippen LogP contribution in [0, 0.1) is 0 Å². The topological polar surface area (TPSA) is 84.1 Å². The maximum absolute atomic E-state index is 9.15. The molecule has 0 amide bonds. The average Bonchev–Trinajstić information content (AvgIpc) is 2.24. The first-order valence-corrected chi connectivity index (χ1v) is 5.89. The Kier molecular flexibility index (Phi) is 4.28. The third kappa shape index (κ3) is 3.85. The minimum absolute atomic E-state index is 0.00267. The van der Waals surface area contributed by atoms with Crippen molar-refractivity contribution in [2.24, 2.45) is 0 Å². The van der Waals surface area contributed by atoms with Gasteiger partial charge in [-0.05, 0) is 6.42 Å². The molecule has 0 saturated heterocycles. The highest BCUT2D eigenvalue weighted by Gasteiger charge is 2.19. The van der Waals surface area contributed by atoms with E-state index in [2.05, 4.69) is 15.3 Å². The number of rotatable bonds is 4. The summed E-state index contributed by atoms with van der Waals surface area (Å²) in [6, 6.07) is 1.69. The van der Waals surface area contributed by atoms with Gasteiger partial charge in [0.25, 0.3) is 0 Å². The monoisotopic (exact) mass is 238 g/mol. The number of hydrogen-bond acceptors (Lipinski definition) is 5. The van der Waals surface area contributed by atoms with Gasteiger partial charge >= 0.3 is 0 Å². The lowest BCUT2D eigenvalue weighted by atomic mass is 9.96. The number of aliphatic hydroxyl groups excluding tert-OH is 1. The van der Waals surface area contributed by atoms with Crippen molar-refractivity contribution in [2.75, 3.05) is 17.7 Å². The molecule has 0 saturated carbocycles. The van der Waals surface area contributed by atoms with Crippen molar-refractivity contribution in [2.45, 2.75) is 45.6 Å². The molecule has 0 bridgehead atoms. The van der Waals surface area contributed by atoms with Gasteiger partial charge in [-0.1, -0.05) is 27.7 Å². The van der Waals surface area contributed by atoms with Crippen LogP contribution >= 0.6 is 0 Å². The van der Waals surface area contributed by atoms with Crippen molar-refractivity contribution < 1.29 is 5.11 Å². The first-order valence-electron chi connectivity index (χ1n) is 5.89. The summed E-state index contributed by atoms with van der Waals surface area (Å²) >= 11 is 0. The normalized spacial score (nSPS) is 13.5. The van der Waals surface area contributed by atoms with Crippen molar-refractivity contribution in [1.29, 1.82) is 0 Å². The molecular formula is C12H22N4O. The van der Waals surface area contributed by atoms with E-state index in [-0.39, 0.29) is 18.1 Å². The first kappa shape index (κ1) is 13.7. The van der Waals surface area contributed by atoms with Gasteiger partial charge in [0.1, 0.15) is 17.5 Å². The van der Waals surface area contributed by atoms with E-state index >= 15 is 0 Å². The molecule has 1 unspecified atom stereocenters. The maximum Gasteiger partial charge on any atom is 0.138 e. The fourth-order valence-corrected chi connectivity index (χ4v) is 1.36. The average molecular weight is 238 g/mol. The number of nitrogens with zero attached hydrogens (tertiary/aromatic N) is 2. The van der Waals surface area contributed by atoms with Gasteiger partial charge in [0.2, 0.25) is 0 Å². The van der Waals surface area contributed by atoms with Gasteiger partial charge in [0, 0.05) is 11.5 Å². The number of aromatic nitrogens is 2. The summed E-state index contributed by atoms with van der Waals surface area (Å²) in [5.41, 5.74) is 5.62. The van der Waals surface area contributed by atoms with E-state index in [0.29, 0.717) is 17.5 Å². The zero-order valence-corrected chi connectivity index (χ0v) is 11.0. The summed E-state index contributed by atoms with van der Waals surface area (Å²) in [6.45, 7) is 8.19. The molecule has 1 atom stereocenters. The number of nitrogen functional groups attached to an aromatic ring is 1. The fourth-order valence-electron chi connectivity index (χ4n) is 1.36. The smallest absolute Gasteiger partial charge is 0.138 e. The lowest BCUT2D eigenvalue weighted by Gasteiger charge is -2.20. The van der Waals surface area contributed by atoms with Gasteiger partial charge in [0.05, 0.1) is 12.6 Å². The zero-order chi connectivity index (χ0) is 13.1. The molecule has 1 heterocycles. The van der Waals surface area contributed by atoms with Crippen molar-refractivity contribution >= 4 is 11.6 Å². The van der Waals surface area contributed by atoms with Crippen molar-refractivity contribution in [3.8, 4) is 0 Å². The standard InChI is InChI=1S/C12H22N4O/c1-5-8(7-17)14-10-6-9(13)15-11(16-10)12(2,3)4/h6,8,17H,5,7H2,1-4H3,(H3,13,14,15,16). The lowest BCUT2D eigenvalue weighted by Crippen LogP contribution is -2.25. The van der Waals surface area contributed by atoms with Crippen LogP contribution in [0.5, 0.6) is 0 Å². The third-order valence-corrected chi connectivity index (χ3v) is 2.48. The molecule has 5 heteroatoms. The van der Waals surface area contributed by atoms with E-state index < -0.39 is 0 Å². The highest BCUT2D eigenvalue weighted by molar-refractivity contribution is 5.46. The van der Waals surface area contributed by atoms with Crippen LogP contribution in [-0.2, 0) is 5.41 Å². The minimum Gasteiger partial charge on any atom is -0.394 e. The summed E-state index contributed by atoms with van der Waals surface area (Å²) in [4.78, 5) is 8.66. The Labute approximate surface area is 102 Å². The maximum atomic E-state index is 9.15. The molecule has 1 rings (SSSR count). The molecule has 0 aromatic carbocycles. The largest absolute Gasteiger partial charge is 0.394 e. The van der Waals surface area contributed by atoms with Crippen LogP contribution in [0.15, 0.2) is 6.07 Å². The Hall–Kier alpha value is -1.36. The number of aliphatic hydroxyl groups is 1. The van der Waals surface area contributed by atoms with Crippen molar-refractivity contribution in [3.63, 3.8) is 0 Å². The molecule has 1 aromatic rings. The summed E-state index contributed by atoms with van der Waals surface area (Å²) in [5, 5.41) is 12.3. The fraction of sp³-hybridized carbons (Fsp3) is 0.667. The second-order valence-corrected chi connectivity index (χ2v) is 5.18. The van der Waals surface area contributed by atoms with Crippen molar-refractivity contribution in [3.05, 3.63) is 11.9 Å². The SMILES string of the molecule is CCC(CO)Nc1cc(N)nc(C(C)(C)C)n1. The Morgan fingerprint density at radius 2 is 2.06 bits per heavy atom. The predicted octanol–water partition coefficient (Wildman–Crippen LogP) is 1.54. The van der Waals surface area contributed by atoms with Gasteiger partial charge in [-0.15, -0.1) is 0 Å². The molecule has 0 aliphatic rings. The molecule has 0 spiro atoms. The molecule has 0 radical (unpaired) electrons. The number of anilines is 2. The van der Waals surface area contributed by atoms with Crippen molar-refractivity contribution in [1.82, 2.24) is 9.97 Å². The second kappa shape index (κ2) is 5.31. The minimum atomic E-state index is -0.146. The van der Waals surface area contributed by atoms with Crippen LogP contribution in [0.3, 0.4) is 0 Å². The first-order chi connectivity index (χ1) is 7.86. The Bertz CT molecular complexity index is 369. The molecule has 0 aliphatic carbocycles. The summed E-state index contributed by atoms with van der Waals surface area (Å²) in [6.07, 6.45) is 0.825. The van der Waals surface area contributed by atoms with E-state index in [1.54, 1.807) is 6.07 Å². The Morgan fingerprint density at radius 3 is 2.53 bits per heavy atom. The van der Waals surface area contributed by atoms with E-state index in [9.17, 15) is 0 Å². The van der Waals surface area contributed by atoms with Crippen LogP contribution < -0.4 is 11.1 Å². The number of hydrogen-bond donors (Lipinski definition) is 3. The van der Waals surface area contributed by atoms with Gasteiger partial charge in [-0.2, -0.15) is 0 Å². The zero-order valence-electron chi connectivity index (χ0n) is 11.0. The van der Waals surface area contributed by atoms with Gasteiger partial charge in [-0.3, -0.25) is 0 Å². The van der Waals surface area contributed by atoms with Crippen LogP contribution in [0.1, 0.15) is 39.9 Å². The van der Waals surface area contributed by atoms with Gasteiger partial charge in [-0.25, -0.2) is 9.97 Å². The highest BCUT2D eigenvalue weighted by Crippen LogP contribution is 2.21. The molecule has 4 N–H and O–H groups in total. The third-order valence-electron chi connectivity index (χ3n) is 2.48. The quantitative estimate of drug-likeness (QED) is 0.741. The van der Waals surface area contributed by atoms with Crippen LogP contribution in [0.4, 0.5) is 11.6 Å². The predicted molar refractivity (Wildman–Crippen MR) is 69.9 cm³/mol. The van der Waals surface area contributed by atoms with E-state index in [1.165, 1.54) is 0 Å². The second-order valence-electron chi connectivity index (χ2n) is 5.18. The highest BCUT2D eigenvalue weighted by atomic mass is 16.3.